The zero-order valence-electron chi connectivity index (χ0n) is 9.59. The first kappa shape index (κ1) is 12.2. The Morgan fingerprint density at radius 2 is 2.13 bits per heavy atom. The van der Waals surface area contributed by atoms with Gasteiger partial charge >= 0.3 is 0 Å². The molecule has 3 heteroatoms. The van der Waals surface area contributed by atoms with Crippen molar-refractivity contribution in [2.24, 2.45) is 0 Å². The van der Waals surface area contributed by atoms with E-state index in [-0.39, 0.29) is 11.9 Å². The molecule has 1 amide bonds. The number of nitrogens with one attached hydrogen (secondary N) is 2. The SMILES string of the molecule is C=CCNC(C)C(=O)NC1CCCCC1. The first-order chi connectivity index (χ1) is 7.24. The van der Waals surface area contributed by atoms with E-state index in [1.807, 2.05) is 6.92 Å². The van der Waals surface area contributed by atoms with E-state index in [0.29, 0.717) is 12.6 Å². The number of carbonyl (C=O) groups excluding carboxylic acids is 1. The minimum Gasteiger partial charge on any atom is -0.352 e. The van der Waals surface area contributed by atoms with Gasteiger partial charge < -0.3 is 10.6 Å². The lowest BCUT2D eigenvalue weighted by atomic mass is 9.95. The molecule has 0 aromatic heterocycles. The summed E-state index contributed by atoms with van der Waals surface area (Å²) in [6.45, 7) is 6.18. The molecule has 0 bridgehead atoms. The van der Waals surface area contributed by atoms with Crippen molar-refractivity contribution in [3.8, 4) is 0 Å². The topological polar surface area (TPSA) is 41.1 Å². The molecule has 1 rings (SSSR count). The van der Waals surface area contributed by atoms with Crippen LogP contribution in [0.25, 0.3) is 0 Å². The predicted octanol–water partition coefficient (Wildman–Crippen LogP) is 1.60. The molecule has 15 heavy (non-hydrogen) atoms. The van der Waals surface area contributed by atoms with Crippen molar-refractivity contribution < 1.29 is 4.79 Å². The largest absolute Gasteiger partial charge is 0.352 e. The zero-order chi connectivity index (χ0) is 11.1. The van der Waals surface area contributed by atoms with Crippen LogP contribution in [0.15, 0.2) is 12.7 Å². The Morgan fingerprint density at radius 3 is 2.73 bits per heavy atom. The van der Waals surface area contributed by atoms with Crippen LogP contribution >= 0.6 is 0 Å². The first-order valence-electron chi connectivity index (χ1n) is 5.88. The molecule has 1 aliphatic rings. The molecular formula is C12H22N2O. The summed E-state index contributed by atoms with van der Waals surface area (Å²) < 4.78 is 0. The van der Waals surface area contributed by atoms with Crippen LogP contribution in [-0.2, 0) is 4.79 Å². The lowest BCUT2D eigenvalue weighted by molar-refractivity contribution is -0.123. The third-order valence-corrected chi connectivity index (χ3v) is 2.91. The van der Waals surface area contributed by atoms with Gasteiger partial charge in [0.1, 0.15) is 0 Å². The third kappa shape index (κ3) is 4.47. The molecule has 1 atom stereocenters. The van der Waals surface area contributed by atoms with Crippen molar-refractivity contribution in [3.63, 3.8) is 0 Å². The minimum atomic E-state index is -0.120. The van der Waals surface area contributed by atoms with E-state index in [4.69, 9.17) is 0 Å². The summed E-state index contributed by atoms with van der Waals surface area (Å²) in [6, 6.07) is 0.282. The number of hydrogen-bond acceptors (Lipinski definition) is 2. The Bertz CT molecular complexity index is 210. The minimum absolute atomic E-state index is 0.115. The van der Waals surface area contributed by atoms with E-state index < -0.39 is 0 Å². The molecule has 2 N–H and O–H groups in total. The molecule has 1 aliphatic carbocycles. The fraction of sp³-hybridized carbons (Fsp3) is 0.750. The summed E-state index contributed by atoms with van der Waals surface area (Å²) in [7, 11) is 0. The standard InChI is InChI=1S/C12H22N2O/c1-3-9-13-10(2)12(15)14-11-7-5-4-6-8-11/h3,10-11,13H,1,4-9H2,2H3,(H,14,15). The van der Waals surface area contributed by atoms with Gasteiger partial charge in [-0.3, -0.25) is 4.79 Å². The van der Waals surface area contributed by atoms with Crippen molar-refractivity contribution in [2.45, 2.75) is 51.1 Å². The fourth-order valence-electron chi connectivity index (χ4n) is 1.93. The average molecular weight is 210 g/mol. The van der Waals surface area contributed by atoms with Crippen LogP contribution in [-0.4, -0.2) is 24.5 Å². The molecule has 1 saturated carbocycles. The van der Waals surface area contributed by atoms with E-state index in [1.165, 1.54) is 19.3 Å². The van der Waals surface area contributed by atoms with Crippen LogP contribution < -0.4 is 10.6 Å². The Morgan fingerprint density at radius 1 is 1.47 bits per heavy atom. The second-order valence-corrected chi connectivity index (χ2v) is 4.26. The van der Waals surface area contributed by atoms with Gasteiger partial charge in [0.15, 0.2) is 0 Å². The smallest absolute Gasteiger partial charge is 0.237 e. The van der Waals surface area contributed by atoms with Gasteiger partial charge in [-0.25, -0.2) is 0 Å². The normalized spacial score (nSPS) is 19.5. The fourth-order valence-corrected chi connectivity index (χ4v) is 1.93. The quantitative estimate of drug-likeness (QED) is 0.677. The summed E-state index contributed by atoms with van der Waals surface area (Å²) in [5, 5.41) is 6.18. The highest BCUT2D eigenvalue weighted by Crippen LogP contribution is 2.17. The zero-order valence-corrected chi connectivity index (χ0v) is 9.59. The summed E-state index contributed by atoms with van der Waals surface area (Å²) in [5.41, 5.74) is 0. The summed E-state index contributed by atoms with van der Waals surface area (Å²) >= 11 is 0. The number of carbonyl (C=O) groups is 1. The van der Waals surface area contributed by atoms with Crippen molar-refractivity contribution in [3.05, 3.63) is 12.7 Å². The first-order valence-corrected chi connectivity index (χ1v) is 5.88. The predicted molar refractivity (Wildman–Crippen MR) is 62.7 cm³/mol. The van der Waals surface area contributed by atoms with Gasteiger partial charge in [0.25, 0.3) is 0 Å². The monoisotopic (exact) mass is 210 g/mol. The summed E-state index contributed by atoms with van der Waals surface area (Å²) in [5.74, 6) is 0.115. The molecule has 0 saturated heterocycles. The maximum atomic E-state index is 11.7. The lowest BCUT2D eigenvalue weighted by Gasteiger charge is -2.24. The second-order valence-electron chi connectivity index (χ2n) is 4.26. The van der Waals surface area contributed by atoms with Crippen molar-refractivity contribution in [2.75, 3.05) is 6.54 Å². The Labute approximate surface area is 92.3 Å². The van der Waals surface area contributed by atoms with Gasteiger partial charge in [0.05, 0.1) is 6.04 Å². The molecule has 0 aromatic carbocycles. The van der Waals surface area contributed by atoms with E-state index >= 15 is 0 Å². The van der Waals surface area contributed by atoms with Gasteiger partial charge in [0.2, 0.25) is 5.91 Å². The lowest BCUT2D eigenvalue weighted by Crippen LogP contribution is -2.46. The molecule has 0 aliphatic heterocycles. The molecule has 0 heterocycles. The van der Waals surface area contributed by atoms with Crippen molar-refractivity contribution in [1.82, 2.24) is 10.6 Å². The summed E-state index contributed by atoms with van der Waals surface area (Å²) in [4.78, 5) is 11.7. The van der Waals surface area contributed by atoms with Crippen molar-refractivity contribution in [1.29, 1.82) is 0 Å². The van der Waals surface area contributed by atoms with E-state index in [9.17, 15) is 4.79 Å². The highest BCUT2D eigenvalue weighted by molar-refractivity contribution is 5.81. The van der Waals surface area contributed by atoms with Gasteiger partial charge in [-0.1, -0.05) is 25.3 Å². The van der Waals surface area contributed by atoms with E-state index in [2.05, 4.69) is 17.2 Å². The highest BCUT2D eigenvalue weighted by atomic mass is 16.2. The van der Waals surface area contributed by atoms with Crippen molar-refractivity contribution >= 4 is 5.91 Å². The number of rotatable bonds is 5. The van der Waals surface area contributed by atoms with Crippen LogP contribution in [0.1, 0.15) is 39.0 Å². The molecule has 0 spiro atoms. The van der Waals surface area contributed by atoms with Crippen LogP contribution in [0.4, 0.5) is 0 Å². The highest BCUT2D eigenvalue weighted by Gasteiger charge is 2.18. The van der Waals surface area contributed by atoms with Crippen LogP contribution in [0.3, 0.4) is 0 Å². The van der Waals surface area contributed by atoms with Gasteiger partial charge in [0, 0.05) is 12.6 Å². The maximum absolute atomic E-state index is 11.7. The molecule has 0 aromatic rings. The molecule has 3 nitrogen and oxygen atoms in total. The molecular weight excluding hydrogens is 188 g/mol. The van der Waals surface area contributed by atoms with E-state index in [1.54, 1.807) is 6.08 Å². The van der Waals surface area contributed by atoms with Gasteiger partial charge in [-0.05, 0) is 19.8 Å². The Hall–Kier alpha value is -0.830. The Balaban J connectivity index is 2.23. The van der Waals surface area contributed by atoms with Gasteiger partial charge in [-0.15, -0.1) is 6.58 Å². The summed E-state index contributed by atoms with van der Waals surface area (Å²) in [6.07, 6.45) is 7.86. The second kappa shape index (κ2) is 6.62. The number of hydrogen-bond donors (Lipinski definition) is 2. The van der Waals surface area contributed by atoms with E-state index in [0.717, 1.165) is 12.8 Å². The molecule has 86 valence electrons. The average Bonchev–Trinajstić information content (AvgIpc) is 2.27. The molecule has 1 fully saturated rings. The van der Waals surface area contributed by atoms with Gasteiger partial charge in [-0.2, -0.15) is 0 Å². The third-order valence-electron chi connectivity index (χ3n) is 2.91. The van der Waals surface area contributed by atoms with Crippen LogP contribution in [0, 0.1) is 0 Å². The van der Waals surface area contributed by atoms with Crippen LogP contribution in [0.2, 0.25) is 0 Å². The Kier molecular flexibility index (Phi) is 5.40. The molecule has 0 radical (unpaired) electrons. The molecule has 1 unspecified atom stereocenters. The maximum Gasteiger partial charge on any atom is 0.237 e. The number of amides is 1. The van der Waals surface area contributed by atoms with Crippen LogP contribution in [0.5, 0.6) is 0 Å².